The zero-order valence-electron chi connectivity index (χ0n) is 17.9. The SMILES string of the molecule is Clc1cccc([C@@H](c2ccccc2)N2CCN(c3nn4nnnc4c4ccccc34)CC2)c1. The molecule has 6 rings (SSSR count). The second kappa shape index (κ2) is 8.42. The van der Waals surface area contributed by atoms with Gasteiger partial charge in [-0.05, 0) is 33.7 Å². The topological polar surface area (TPSA) is 62.5 Å². The van der Waals surface area contributed by atoms with Gasteiger partial charge in [-0.15, -0.1) is 14.8 Å². The molecule has 0 N–H and O–H groups in total. The van der Waals surface area contributed by atoms with Crippen molar-refractivity contribution < 1.29 is 0 Å². The molecule has 0 aliphatic carbocycles. The van der Waals surface area contributed by atoms with Crippen LogP contribution in [-0.4, -0.2) is 56.3 Å². The molecule has 0 radical (unpaired) electrons. The molecule has 8 heteroatoms. The van der Waals surface area contributed by atoms with Gasteiger partial charge in [0.2, 0.25) is 5.65 Å². The molecule has 5 aromatic rings. The van der Waals surface area contributed by atoms with Crippen LogP contribution in [-0.2, 0) is 0 Å². The summed E-state index contributed by atoms with van der Waals surface area (Å²) in [6, 6.07) is 27.2. The number of aromatic nitrogens is 5. The van der Waals surface area contributed by atoms with Gasteiger partial charge < -0.3 is 4.90 Å². The van der Waals surface area contributed by atoms with Gasteiger partial charge in [0.05, 0.1) is 6.04 Å². The molecule has 1 fully saturated rings. The third-order valence-electron chi connectivity index (χ3n) is 6.31. The maximum Gasteiger partial charge on any atom is 0.207 e. The summed E-state index contributed by atoms with van der Waals surface area (Å²) in [5.41, 5.74) is 3.16. The van der Waals surface area contributed by atoms with E-state index >= 15 is 0 Å². The Morgan fingerprint density at radius 3 is 2.27 bits per heavy atom. The average Bonchev–Trinajstić information content (AvgIpc) is 3.34. The Morgan fingerprint density at radius 2 is 1.48 bits per heavy atom. The van der Waals surface area contributed by atoms with Gasteiger partial charge in [-0.25, -0.2) is 0 Å². The zero-order valence-corrected chi connectivity index (χ0v) is 18.7. The fourth-order valence-electron chi connectivity index (χ4n) is 4.78. The van der Waals surface area contributed by atoms with E-state index in [1.807, 2.05) is 30.3 Å². The lowest BCUT2D eigenvalue weighted by atomic mass is 9.96. The van der Waals surface area contributed by atoms with Gasteiger partial charge in [0.25, 0.3) is 0 Å². The van der Waals surface area contributed by atoms with Crippen molar-refractivity contribution in [3.63, 3.8) is 0 Å². The summed E-state index contributed by atoms with van der Waals surface area (Å²) in [4.78, 5) is 4.86. The Labute approximate surface area is 196 Å². The Bertz CT molecular complexity index is 1410. The van der Waals surface area contributed by atoms with Crippen molar-refractivity contribution >= 4 is 33.8 Å². The van der Waals surface area contributed by atoms with Crippen LogP contribution in [0.1, 0.15) is 17.2 Å². The largest absolute Gasteiger partial charge is 0.352 e. The Balaban J connectivity index is 1.32. The normalized spacial score (nSPS) is 15.8. The molecular weight excluding hydrogens is 434 g/mol. The van der Waals surface area contributed by atoms with E-state index in [9.17, 15) is 0 Å². The molecule has 0 saturated carbocycles. The molecule has 164 valence electrons. The van der Waals surface area contributed by atoms with E-state index in [1.165, 1.54) is 15.8 Å². The van der Waals surface area contributed by atoms with Crippen LogP contribution in [0.2, 0.25) is 5.02 Å². The van der Waals surface area contributed by atoms with Crippen molar-refractivity contribution in [2.24, 2.45) is 0 Å². The Hall–Kier alpha value is -3.55. The molecule has 0 unspecified atom stereocenters. The number of nitrogens with zero attached hydrogens (tertiary/aromatic N) is 7. The van der Waals surface area contributed by atoms with Crippen molar-refractivity contribution in [1.29, 1.82) is 0 Å². The van der Waals surface area contributed by atoms with Crippen molar-refractivity contribution in [3.05, 3.63) is 95.0 Å². The molecule has 33 heavy (non-hydrogen) atoms. The molecule has 7 nitrogen and oxygen atoms in total. The van der Waals surface area contributed by atoms with Gasteiger partial charge in [-0.3, -0.25) is 4.90 Å². The molecule has 0 spiro atoms. The number of halogens is 1. The molecule has 3 heterocycles. The highest BCUT2D eigenvalue weighted by molar-refractivity contribution is 6.30. The zero-order chi connectivity index (χ0) is 22.2. The number of benzene rings is 3. The number of piperazine rings is 1. The predicted molar refractivity (Wildman–Crippen MR) is 130 cm³/mol. The van der Waals surface area contributed by atoms with Crippen molar-refractivity contribution in [3.8, 4) is 0 Å². The molecule has 3 aromatic carbocycles. The van der Waals surface area contributed by atoms with Crippen LogP contribution in [0, 0.1) is 0 Å². The van der Waals surface area contributed by atoms with Crippen LogP contribution in [0.5, 0.6) is 0 Å². The minimum Gasteiger partial charge on any atom is -0.352 e. The highest BCUT2D eigenvalue weighted by atomic mass is 35.5. The van der Waals surface area contributed by atoms with Gasteiger partial charge in [0.1, 0.15) is 0 Å². The molecule has 0 bridgehead atoms. The molecule has 1 aliphatic heterocycles. The predicted octanol–water partition coefficient (Wildman–Crippen LogP) is 4.24. The quantitative estimate of drug-likeness (QED) is 0.404. The lowest BCUT2D eigenvalue weighted by Gasteiger charge is -2.40. The van der Waals surface area contributed by atoms with Gasteiger partial charge in [0.15, 0.2) is 5.82 Å². The Morgan fingerprint density at radius 1 is 0.758 bits per heavy atom. The average molecular weight is 456 g/mol. The van der Waals surface area contributed by atoms with Crippen LogP contribution in [0.4, 0.5) is 5.82 Å². The van der Waals surface area contributed by atoms with Crippen LogP contribution >= 0.6 is 11.6 Å². The molecule has 2 aromatic heterocycles. The van der Waals surface area contributed by atoms with Crippen molar-refractivity contribution in [2.45, 2.75) is 6.04 Å². The number of rotatable bonds is 4. The van der Waals surface area contributed by atoms with E-state index in [-0.39, 0.29) is 6.04 Å². The fourth-order valence-corrected chi connectivity index (χ4v) is 4.98. The molecule has 1 aliphatic rings. The number of fused-ring (bicyclic) bond motifs is 3. The van der Waals surface area contributed by atoms with E-state index in [0.29, 0.717) is 5.65 Å². The van der Waals surface area contributed by atoms with E-state index in [2.05, 4.69) is 73.9 Å². The smallest absolute Gasteiger partial charge is 0.207 e. The summed E-state index contributed by atoms with van der Waals surface area (Å²) in [5.74, 6) is 0.920. The number of anilines is 1. The van der Waals surface area contributed by atoms with Gasteiger partial charge >= 0.3 is 0 Å². The van der Waals surface area contributed by atoms with E-state index < -0.39 is 0 Å². The third kappa shape index (κ3) is 3.69. The summed E-state index contributed by atoms with van der Waals surface area (Å²) in [6.07, 6.45) is 0. The molecule has 1 saturated heterocycles. The first-order chi connectivity index (χ1) is 16.3. The monoisotopic (exact) mass is 455 g/mol. The summed E-state index contributed by atoms with van der Waals surface area (Å²) >= 11 is 6.36. The van der Waals surface area contributed by atoms with Crippen molar-refractivity contribution in [2.75, 3.05) is 31.1 Å². The third-order valence-corrected chi connectivity index (χ3v) is 6.55. The van der Waals surface area contributed by atoms with Crippen molar-refractivity contribution in [1.82, 2.24) is 30.2 Å². The first-order valence-corrected chi connectivity index (χ1v) is 11.4. The number of tetrazole rings is 1. The summed E-state index contributed by atoms with van der Waals surface area (Å²) in [7, 11) is 0. The van der Waals surface area contributed by atoms with E-state index in [1.54, 1.807) is 0 Å². The maximum absolute atomic E-state index is 6.36. The lowest BCUT2D eigenvalue weighted by Crippen LogP contribution is -2.48. The Kier molecular flexibility index (Phi) is 5.13. The molecule has 1 atom stereocenters. The second-order valence-corrected chi connectivity index (χ2v) is 8.69. The highest BCUT2D eigenvalue weighted by Gasteiger charge is 2.28. The van der Waals surface area contributed by atoms with Crippen LogP contribution in [0.25, 0.3) is 16.4 Å². The second-order valence-electron chi connectivity index (χ2n) is 8.25. The molecule has 0 amide bonds. The number of hydrogen-bond acceptors (Lipinski definition) is 6. The van der Waals surface area contributed by atoms with Gasteiger partial charge in [-0.1, -0.05) is 78.3 Å². The van der Waals surface area contributed by atoms with Gasteiger partial charge in [0, 0.05) is 42.0 Å². The minimum absolute atomic E-state index is 0.152. The molecular formula is C25H22ClN7. The highest BCUT2D eigenvalue weighted by Crippen LogP contribution is 2.33. The fraction of sp³-hybridized carbons (Fsp3) is 0.200. The summed E-state index contributed by atoms with van der Waals surface area (Å²) in [5, 5.41) is 19.6. The first-order valence-electron chi connectivity index (χ1n) is 11.0. The number of hydrogen-bond donors (Lipinski definition) is 0. The van der Waals surface area contributed by atoms with Crippen LogP contribution in [0.15, 0.2) is 78.9 Å². The van der Waals surface area contributed by atoms with Crippen LogP contribution in [0.3, 0.4) is 0 Å². The first kappa shape index (κ1) is 20.1. The maximum atomic E-state index is 6.36. The summed E-state index contributed by atoms with van der Waals surface area (Å²) in [6.45, 7) is 3.51. The lowest BCUT2D eigenvalue weighted by molar-refractivity contribution is 0.212. The van der Waals surface area contributed by atoms with Gasteiger partial charge in [-0.2, -0.15) is 0 Å². The summed E-state index contributed by atoms with van der Waals surface area (Å²) < 4.78 is 1.53. The van der Waals surface area contributed by atoms with Crippen LogP contribution < -0.4 is 4.90 Å². The standard InChI is InChI=1S/C25H22ClN7/c26-20-10-6-9-19(17-20)23(18-7-2-1-3-8-18)31-13-15-32(16-14-31)25-22-12-5-4-11-21(22)24-27-29-30-33(24)28-25/h1-12,17,23H,13-16H2/t23-/m1/s1. The van der Waals surface area contributed by atoms with E-state index in [4.69, 9.17) is 16.7 Å². The van der Waals surface area contributed by atoms with E-state index in [0.717, 1.165) is 47.8 Å². The minimum atomic E-state index is 0.152.